The Balaban J connectivity index is 2.65. The summed E-state index contributed by atoms with van der Waals surface area (Å²) >= 11 is 0. The number of rotatable bonds is 4. The van der Waals surface area contributed by atoms with Crippen LogP contribution in [0.2, 0.25) is 0 Å². The van der Waals surface area contributed by atoms with Gasteiger partial charge in [-0.05, 0) is 18.2 Å². The van der Waals surface area contributed by atoms with Crippen LogP contribution in [0.1, 0.15) is 6.92 Å². The van der Waals surface area contributed by atoms with Gasteiger partial charge >= 0.3 is 5.97 Å². The van der Waals surface area contributed by atoms with Crippen molar-refractivity contribution in [1.82, 2.24) is 0 Å². The van der Waals surface area contributed by atoms with Gasteiger partial charge in [0.2, 0.25) is 0 Å². The Morgan fingerprint density at radius 2 is 2.00 bits per heavy atom. The molecule has 1 aromatic rings. The summed E-state index contributed by atoms with van der Waals surface area (Å²) in [6.07, 6.45) is 0. The van der Waals surface area contributed by atoms with Crippen LogP contribution in [0.3, 0.4) is 0 Å². The lowest BCUT2D eigenvalue weighted by Crippen LogP contribution is -2.14. The molecule has 0 spiro atoms. The fourth-order valence-electron chi connectivity index (χ4n) is 0.992. The Labute approximate surface area is 88.8 Å². The van der Waals surface area contributed by atoms with Gasteiger partial charge in [-0.15, -0.1) is 0 Å². The summed E-state index contributed by atoms with van der Waals surface area (Å²) in [4.78, 5) is 10.7. The van der Waals surface area contributed by atoms with Crippen molar-refractivity contribution in [3.05, 3.63) is 30.3 Å². The van der Waals surface area contributed by atoms with E-state index in [-0.39, 0.29) is 17.3 Å². The lowest BCUT2D eigenvalue weighted by Gasteiger charge is -2.03. The van der Waals surface area contributed by atoms with Gasteiger partial charge in [0.05, 0.1) is 10.6 Å². The predicted octanol–water partition coefficient (Wildman–Crippen LogP) is 0.824. The number of ether oxygens (including phenoxy) is 1. The summed E-state index contributed by atoms with van der Waals surface area (Å²) in [5.74, 6) is -0.678. The zero-order valence-electron chi connectivity index (χ0n) is 8.26. The molecular formula is C10H11O4S. The summed E-state index contributed by atoms with van der Waals surface area (Å²) in [5, 5.41) is 0. The summed E-state index contributed by atoms with van der Waals surface area (Å²) in [6.45, 7) is 1.13. The number of carbonyl (C=O) groups is 1. The molecule has 0 unspecified atom stereocenters. The lowest BCUT2D eigenvalue weighted by atomic mass is 10.4. The van der Waals surface area contributed by atoms with E-state index in [0.717, 1.165) is 0 Å². The Morgan fingerprint density at radius 1 is 1.40 bits per heavy atom. The van der Waals surface area contributed by atoms with Crippen molar-refractivity contribution in [2.45, 2.75) is 11.8 Å². The Kier molecular flexibility index (Phi) is 3.85. The monoisotopic (exact) mass is 227 g/mol. The fraction of sp³-hybridized carbons (Fsp3) is 0.300. The molecule has 0 aliphatic rings. The molecule has 0 atom stereocenters. The van der Waals surface area contributed by atoms with Crippen LogP contribution in [0.4, 0.5) is 0 Å². The van der Waals surface area contributed by atoms with E-state index in [9.17, 15) is 13.2 Å². The van der Waals surface area contributed by atoms with E-state index in [1.54, 1.807) is 0 Å². The number of hydrogen-bond acceptors (Lipinski definition) is 4. The molecule has 0 aliphatic heterocycles. The molecule has 0 amide bonds. The largest absolute Gasteiger partial charge is 0.465 e. The van der Waals surface area contributed by atoms with Crippen molar-refractivity contribution in [1.29, 1.82) is 0 Å². The molecule has 1 rings (SSSR count). The quantitative estimate of drug-likeness (QED) is 0.715. The van der Waals surface area contributed by atoms with Crippen LogP contribution in [0.25, 0.3) is 0 Å². The smallest absolute Gasteiger partial charge is 0.302 e. The highest BCUT2D eigenvalue weighted by Crippen LogP contribution is 2.09. The second kappa shape index (κ2) is 4.93. The highest BCUT2D eigenvalue weighted by molar-refractivity contribution is 7.91. The molecule has 0 saturated heterocycles. The molecule has 4 nitrogen and oxygen atoms in total. The van der Waals surface area contributed by atoms with Crippen LogP contribution in [-0.2, 0) is 19.4 Å². The summed E-state index contributed by atoms with van der Waals surface area (Å²) in [7, 11) is -3.35. The normalized spacial score (nSPS) is 11.0. The minimum atomic E-state index is -3.35. The molecule has 0 N–H and O–H groups in total. The first kappa shape index (κ1) is 11.7. The third-order valence-electron chi connectivity index (χ3n) is 1.70. The number of hydrogen-bond donors (Lipinski definition) is 0. The molecule has 0 saturated carbocycles. The fourth-order valence-corrected chi connectivity index (χ4v) is 2.08. The SMILES string of the molecule is CC(=O)OCCS(=O)(=O)c1cc[c]cc1. The summed E-state index contributed by atoms with van der Waals surface area (Å²) in [6, 6.07) is 8.71. The van der Waals surface area contributed by atoms with E-state index in [0.29, 0.717) is 0 Å². The number of esters is 1. The van der Waals surface area contributed by atoms with Crippen LogP contribution < -0.4 is 0 Å². The third-order valence-corrected chi connectivity index (χ3v) is 3.40. The topological polar surface area (TPSA) is 60.4 Å². The van der Waals surface area contributed by atoms with Crippen molar-refractivity contribution < 1.29 is 17.9 Å². The molecular weight excluding hydrogens is 216 g/mol. The molecule has 0 aliphatic carbocycles. The van der Waals surface area contributed by atoms with E-state index in [1.807, 2.05) is 0 Å². The van der Waals surface area contributed by atoms with E-state index < -0.39 is 15.8 Å². The molecule has 0 bridgehead atoms. The lowest BCUT2D eigenvalue weighted by molar-refractivity contribution is -0.140. The molecule has 1 aromatic carbocycles. The van der Waals surface area contributed by atoms with E-state index >= 15 is 0 Å². The maximum Gasteiger partial charge on any atom is 0.302 e. The van der Waals surface area contributed by atoms with Gasteiger partial charge in [-0.25, -0.2) is 8.42 Å². The Hall–Kier alpha value is -1.36. The molecule has 0 heterocycles. The minimum Gasteiger partial charge on any atom is -0.465 e. The number of carbonyl (C=O) groups excluding carboxylic acids is 1. The maximum atomic E-state index is 11.6. The Bertz CT molecular complexity index is 422. The van der Waals surface area contributed by atoms with Crippen LogP contribution in [0, 0.1) is 6.07 Å². The van der Waals surface area contributed by atoms with Gasteiger partial charge < -0.3 is 4.74 Å². The van der Waals surface area contributed by atoms with Gasteiger partial charge in [-0.3, -0.25) is 4.79 Å². The first-order chi connectivity index (χ1) is 7.02. The first-order valence-electron chi connectivity index (χ1n) is 4.34. The molecule has 5 heteroatoms. The number of benzene rings is 1. The van der Waals surface area contributed by atoms with Crippen LogP contribution in [0.15, 0.2) is 29.2 Å². The average Bonchev–Trinajstić information content (AvgIpc) is 2.18. The molecule has 1 radical (unpaired) electrons. The van der Waals surface area contributed by atoms with Gasteiger partial charge in [0.1, 0.15) is 6.61 Å². The van der Waals surface area contributed by atoms with Crippen LogP contribution in [-0.4, -0.2) is 26.7 Å². The molecule has 81 valence electrons. The van der Waals surface area contributed by atoms with Gasteiger partial charge in [0, 0.05) is 6.92 Å². The highest BCUT2D eigenvalue weighted by atomic mass is 32.2. The third kappa shape index (κ3) is 3.71. The van der Waals surface area contributed by atoms with E-state index in [2.05, 4.69) is 10.8 Å². The average molecular weight is 227 g/mol. The maximum absolute atomic E-state index is 11.6. The van der Waals surface area contributed by atoms with Gasteiger partial charge in [0.15, 0.2) is 9.84 Å². The van der Waals surface area contributed by atoms with Gasteiger partial charge in [-0.2, -0.15) is 0 Å². The van der Waals surface area contributed by atoms with Gasteiger partial charge in [0.25, 0.3) is 0 Å². The summed E-state index contributed by atoms with van der Waals surface area (Å²) in [5.41, 5.74) is 0. The zero-order chi connectivity index (χ0) is 11.3. The molecule has 0 fully saturated rings. The van der Waals surface area contributed by atoms with Crippen molar-refractivity contribution >= 4 is 15.8 Å². The minimum absolute atomic E-state index is 0.115. The first-order valence-corrected chi connectivity index (χ1v) is 6.00. The predicted molar refractivity (Wildman–Crippen MR) is 54.0 cm³/mol. The molecule has 0 aromatic heterocycles. The second-order valence-corrected chi connectivity index (χ2v) is 5.00. The van der Waals surface area contributed by atoms with Crippen molar-refractivity contribution in [3.63, 3.8) is 0 Å². The van der Waals surface area contributed by atoms with Crippen LogP contribution in [0.5, 0.6) is 0 Å². The van der Waals surface area contributed by atoms with Crippen LogP contribution >= 0.6 is 0 Å². The molecule has 15 heavy (non-hydrogen) atoms. The Morgan fingerprint density at radius 3 is 2.53 bits per heavy atom. The van der Waals surface area contributed by atoms with Crippen molar-refractivity contribution in [3.8, 4) is 0 Å². The number of sulfone groups is 1. The highest BCUT2D eigenvalue weighted by Gasteiger charge is 2.13. The standard InChI is InChI=1S/C10H11O4S/c1-9(11)14-7-8-15(12,13)10-5-3-2-4-6-10/h3-6H,7-8H2,1H3. The summed E-state index contributed by atoms with van der Waals surface area (Å²) < 4.78 is 27.8. The van der Waals surface area contributed by atoms with E-state index in [1.165, 1.54) is 31.2 Å². The van der Waals surface area contributed by atoms with E-state index in [4.69, 9.17) is 0 Å². The van der Waals surface area contributed by atoms with Gasteiger partial charge in [-0.1, -0.05) is 12.1 Å². The van der Waals surface area contributed by atoms with Crippen molar-refractivity contribution in [2.24, 2.45) is 0 Å². The second-order valence-electron chi connectivity index (χ2n) is 2.89. The zero-order valence-corrected chi connectivity index (χ0v) is 9.08. The van der Waals surface area contributed by atoms with Crippen molar-refractivity contribution in [2.75, 3.05) is 12.4 Å².